The number of esters is 1. The van der Waals surface area contributed by atoms with E-state index in [1.54, 1.807) is 34.3 Å². The SMILES string of the molecule is C=CCCCCOC(=O)[C@@H]1[C@H]2C(=O)N([C@H](C)CO)C(C(=O)N(CC=C)Cn3nnc4ccccc43)C23S[C@@H]1CC3C. The Balaban J connectivity index is 1.47. The molecular formula is C30H39N5O5S. The number of rotatable bonds is 13. The Labute approximate surface area is 244 Å². The van der Waals surface area contributed by atoms with Gasteiger partial charge in [0.25, 0.3) is 0 Å². The number of allylic oxidation sites excluding steroid dienone is 1. The Morgan fingerprint density at radius 3 is 2.80 bits per heavy atom. The predicted molar refractivity (Wildman–Crippen MR) is 156 cm³/mol. The summed E-state index contributed by atoms with van der Waals surface area (Å²) in [5, 5.41) is 18.6. The van der Waals surface area contributed by atoms with Crippen LogP contribution in [0.2, 0.25) is 0 Å². The second-order valence-corrected chi connectivity index (χ2v) is 12.9. The van der Waals surface area contributed by atoms with Gasteiger partial charge in [-0.1, -0.05) is 36.4 Å². The van der Waals surface area contributed by atoms with Gasteiger partial charge in [-0.15, -0.1) is 30.0 Å². The Morgan fingerprint density at radius 2 is 2.07 bits per heavy atom. The van der Waals surface area contributed by atoms with Gasteiger partial charge in [0.15, 0.2) is 0 Å². The third-order valence-electron chi connectivity index (χ3n) is 8.86. The highest BCUT2D eigenvalue weighted by molar-refractivity contribution is 8.02. The lowest BCUT2D eigenvalue weighted by molar-refractivity contribution is -0.155. The molecule has 1 spiro atoms. The first-order chi connectivity index (χ1) is 19.8. The number of aliphatic hydroxyl groups excluding tert-OH is 1. The number of nitrogens with zero attached hydrogens (tertiary/aromatic N) is 5. The van der Waals surface area contributed by atoms with Crippen molar-refractivity contribution >= 4 is 40.6 Å². The van der Waals surface area contributed by atoms with E-state index in [0.29, 0.717) is 18.5 Å². The van der Waals surface area contributed by atoms with Crippen molar-refractivity contribution in [3.63, 3.8) is 0 Å². The first-order valence-corrected chi connectivity index (χ1v) is 15.2. The Hall–Kier alpha value is -3.18. The fourth-order valence-electron chi connectivity index (χ4n) is 6.96. The van der Waals surface area contributed by atoms with Gasteiger partial charge in [-0.25, -0.2) is 4.68 Å². The zero-order valence-corrected chi connectivity index (χ0v) is 24.5. The molecule has 11 heteroatoms. The minimum atomic E-state index is -0.854. The fraction of sp³-hybridized carbons (Fsp3) is 0.567. The average Bonchev–Trinajstić information content (AvgIpc) is 3.69. The summed E-state index contributed by atoms with van der Waals surface area (Å²) in [6, 6.07) is 6.06. The van der Waals surface area contributed by atoms with E-state index in [4.69, 9.17) is 4.74 Å². The summed E-state index contributed by atoms with van der Waals surface area (Å²) in [6.07, 6.45) is 6.66. The topological polar surface area (TPSA) is 118 Å². The van der Waals surface area contributed by atoms with Gasteiger partial charge >= 0.3 is 5.97 Å². The van der Waals surface area contributed by atoms with E-state index >= 15 is 0 Å². The molecule has 2 bridgehead atoms. The molecular weight excluding hydrogens is 542 g/mol. The van der Waals surface area contributed by atoms with E-state index in [1.165, 1.54) is 4.90 Å². The molecule has 1 aromatic carbocycles. The van der Waals surface area contributed by atoms with Crippen LogP contribution in [0.5, 0.6) is 0 Å². The van der Waals surface area contributed by atoms with Gasteiger partial charge in [0.1, 0.15) is 18.2 Å². The van der Waals surface area contributed by atoms with Crippen LogP contribution in [0, 0.1) is 17.8 Å². The van der Waals surface area contributed by atoms with Gasteiger partial charge < -0.3 is 19.6 Å². The molecule has 3 aliphatic rings. The number of carbonyl (C=O) groups excluding carboxylic acids is 3. The summed E-state index contributed by atoms with van der Waals surface area (Å²) in [5.74, 6) is -2.19. The van der Waals surface area contributed by atoms with Crippen LogP contribution >= 0.6 is 11.8 Å². The number of carbonyl (C=O) groups is 3. The summed E-state index contributed by atoms with van der Waals surface area (Å²) in [4.78, 5) is 45.4. The highest BCUT2D eigenvalue weighted by atomic mass is 32.2. The normalized spacial score (nSPS) is 29.0. The van der Waals surface area contributed by atoms with E-state index < -0.39 is 28.7 Å². The van der Waals surface area contributed by atoms with Crippen LogP contribution in [0.15, 0.2) is 49.6 Å². The Morgan fingerprint density at radius 1 is 1.29 bits per heavy atom. The van der Waals surface area contributed by atoms with Crippen LogP contribution in [0.1, 0.15) is 39.5 Å². The number of aromatic nitrogens is 3. The van der Waals surface area contributed by atoms with Gasteiger partial charge in [-0.2, -0.15) is 0 Å². The van der Waals surface area contributed by atoms with E-state index in [0.717, 1.165) is 24.8 Å². The van der Waals surface area contributed by atoms with Crippen LogP contribution in [-0.4, -0.2) is 89.5 Å². The maximum atomic E-state index is 14.6. The molecule has 3 saturated heterocycles. The molecule has 7 atom stereocenters. The number of likely N-dealkylation sites (tertiary alicyclic amines) is 1. The zero-order valence-electron chi connectivity index (χ0n) is 23.7. The molecule has 0 radical (unpaired) electrons. The van der Waals surface area contributed by atoms with Crippen LogP contribution in [0.3, 0.4) is 0 Å². The third-order valence-corrected chi connectivity index (χ3v) is 10.9. The zero-order chi connectivity index (χ0) is 29.3. The minimum absolute atomic E-state index is 0.00529. The van der Waals surface area contributed by atoms with Crippen molar-refractivity contribution < 1.29 is 24.2 Å². The first kappa shape index (κ1) is 29.3. The van der Waals surface area contributed by atoms with Gasteiger partial charge in [-0.3, -0.25) is 14.4 Å². The van der Waals surface area contributed by atoms with E-state index in [2.05, 4.69) is 30.4 Å². The van der Waals surface area contributed by atoms with Gasteiger partial charge in [0, 0.05) is 11.8 Å². The lowest BCUT2D eigenvalue weighted by atomic mass is 9.66. The smallest absolute Gasteiger partial charge is 0.310 e. The fourth-order valence-corrected chi connectivity index (χ4v) is 9.35. The van der Waals surface area contributed by atoms with Crippen LogP contribution in [0.25, 0.3) is 11.0 Å². The molecule has 2 amide bonds. The maximum Gasteiger partial charge on any atom is 0.310 e. The van der Waals surface area contributed by atoms with Crippen molar-refractivity contribution in [1.29, 1.82) is 0 Å². The molecule has 1 aromatic heterocycles. The highest BCUT2D eigenvalue weighted by Gasteiger charge is 2.77. The highest BCUT2D eigenvalue weighted by Crippen LogP contribution is 2.69. The van der Waals surface area contributed by atoms with Crippen molar-refractivity contribution in [3.8, 4) is 0 Å². The van der Waals surface area contributed by atoms with Crippen molar-refractivity contribution in [2.45, 2.75) is 68.3 Å². The summed E-state index contributed by atoms with van der Waals surface area (Å²) in [5.41, 5.74) is 1.50. The van der Waals surface area contributed by atoms with Gasteiger partial charge in [0.05, 0.1) is 41.4 Å². The van der Waals surface area contributed by atoms with Crippen molar-refractivity contribution in [2.75, 3.05) is 19.8 Å². The molecule has 5 rings (SSSR count). The van der Waals surface area contributed by atoms with E-state index in [1.807, 2.05) is 30.3 Å². The molecule has 3 unspecified atom stereocenters. The molecule has 41 heavy (non-hydrogen) atoms. The molecule has 4 heterocycles. The molecule has 3 fully saturated rings. The molecule has 10 nitrogen and oxygen atoms in total. The number of hydrogen-bond acceptors (Lipinski definition) is 8. The minimum Gasteiger partial charge on any atom is -0.465 e. The largest absolute Gasteiger partial charge is 0.465 e. The van der Waals surface area contributed by atoms with Crippen molar-refractivity contribution in [2.24, 2.45) is 17.8 Å². The monoisotopic (exact) mass is 581 g/mol. The summed E-state index contributed by atoms with van der Waals surface area (Å²) in [6.45, 7) is 11.8. The average molecular weight is 582 g/mol. The summed E-state index contributed by atoms with van der Waals surface area (Å²) < 4.78 is 6.55. The number of benzene rings is 1. The van der Waals surface area contributed by atoms with Crippen molar-refractivity contribution in [1.82, 2.24) is 24.8 Å². The lowest BCUT2D eigenvalue weighted by Crippen LogP contribution is -2.59. The number of hydrogen-bond donors (Lipinski definition) is 1. The number of ether oxygens (including phenoxy) is 1. The van der Waals surface area contributed by atoms with Crippen molar-refractivity contribution in [3.05, 3.63) is 49.6 Å². The van der Waals surface area contributed by atoms with Gasteiger partial charge in [-0.05, 0) is 50.7 Å². The summed E-state index contributed by atoms with van der Waals surface area (Å²) in [7, 11) is 0. The Kier molecular flexibility index (Phi) is 8.56. The number of thioether (sulfide) groups is 1. The predicted octanol–water partition coefficient (Wildman–Crippen LogP) is 3.02. The molecule has 0 aliphatic carbocycles. The Bertz CT molecular complexity index is 1330. The molecule has 3 aliphatic heterocycles. The quantitative estimate of drug-likeness (QED) is 0.218. The third kappa shape index (κ3) is 4.86. The second-order valence-electron chi connectivity index (χ2n) is 11.4. The molecule has 2 aromatic rings. The van der Waals surface area contributed by atoms with E-state index in [-0.39, 0.29) is 48.8 Å². The molecule has 1 N–H and O–H groups in total. The van der Waals surface area contributed by atoms with E-state index in [9.17, 15) is 19.5 Å². The maximum absolute atomic E-state index is 14.6. The second kappa shape index (κ2) is 12.0. The van der Waals surface area contributed by atoms with Crippen LogP contribution in [0.4, 0.5) is 0 Å². The number of amides is 2. The standard InChI is InChI=1S/C30H39N5O5S/c1-5-7-8-11-15-40-29(39)24-23-16-19(3)30(41-23)25(24)27(37)35(20(4)17-36)26(30)28(38)33(14-6-2)18-34-22-13-10-9-12-21(22)31-32-34/h5-6,9-10,12-13,19-20,23-26,36H,1-2,7-8,11,14-18H2,3-4H3/t19?,20-,23-,24+,25+,26?,30?/m1/s1. The first-order valence-electron chi connectivity index (χ1n) is 14.4. The number of aliphatic hydroxyl groups is 1. The van der Waals surface area contributed by atoms with Crippen LogP contribution < -0.4 is 0 Å². The molecule has 220 valence electrons. The number of fused-ring (bicyclic) bond motifs is 2. The lowest BCUT2D eigenvalue weighted by Gasteiger charge is -2.41. The number of unbranched alkanes of at least 4 members (excludes halogenated alkanes) is 2. The molecule has 0 saturated carbocycles. The summed E-state index contributed by atoms with van der Waals surface area (Å²) >= 11 is 1.59. The van der Waals surface area contributed by atoms with Gasteiger partial charge in [0.2, 0.25) is 11.8 Å². The number of para-hydroxylation sites is 1. The van der Waals surface area contributed by atoms with Crippen LogP contribution in [-0.2, 0) is 25.8 Å².